The number of aromatic nitrogens is 1. The fourth-order valence-electron chi connectivity index (χ4n) is 2.16. The van der Waals surface area contributed by atoms with E-state index in [1.54, 1.807) is 32.0 Å². The van der Waals surface area contributed by atoms with E-state index in [0.29, 0.717) is 24.5 Å². The number of rotatable bonds is 2. The number of carbonyl (C=O) groups is 2. The Bertz CT molecular complexity index is 483. The first-order chi connectivity index (χ1) is 8.99. The maximum Gasteiger partial charge on any atom is 0.320 e. The Balaban J connectivity index is 2.03. The van der Waals surface area contributed by atoms with Crippen LogP contribution in [-0.4, -0.2) is 53.6 Å². The molecule has 19 heavy (non-hydrogen) atoms. The predicted octanol–water partition coefficient (Wildman–Crippen LogP) is 1.07. The fourth-order valence-corrected chi connectivity index (χ4v) is 2.16. The number of hydrogen-bond acceptors (Lipinski definition) is 4. The van der Waals surface area contributed by atoms with Crippen molar-refractivity contribution in [1.29, 1.82) is 0 Å². The second kappa shape index (κ2) is 5.29. The zero-order valence-corrected chi connectivity index (χ0v) is 11.3. The molecule has 1 aromatic heterocycles. The highest BCUT2D eigenvalue weighted by Gasteiger charge is 2.35. The second-order valence-corrected chi connectivity index (χ2v) is 4.84. The molecule has 7 heteroatoms. The minimum atomic E-state index is -0.438. The normalized spacial score (nSPS) is 18.5. The summed E-state index contributed by atoms with van der Waals surface area (Å²) in [5, 5.41) is 6.38. The molecule has 0 unspecified atom stereocenters. The lowest BCUT2D eigenvalue weighted by molar-refractivity contribution is -0.119. The molecule has 2 rings (SSSR count). The van der Waals surface area contributed by atoms with Gasteiger partial charge in [-0.15, -0.1) is 0 Å². The summed E-state index contributed by atoms with van der Waals surface area (Å²) in [5.41, 5.74) is 0. The smallest absolute Gasteiger partial charge is 0.320 e. The molecule has 0 aromatic carbocycles. The first-order valence-electron chi connectivity index (χ1n) is 6.21. The van der Waals surface area contributed by atoms with Crippen molar-refractivity contribution >= 4 is 17.8 Å². The van der Waals surface area contributed by atoms with Crippen LogP contribution in [0.3, 0.4) is 0 Å². The number of anilines is 1. The van der Waals surface area contributed by atoms with Gasteiger partial charge >= 0.3 is 6.03 Å². The highest BCUT2D eigenvalue weighted by Crippen LogP contribution is 2.20. The summed E-state index contributed by atoms with van der Waals surface area (Å²) in [6, 6.07) is 1.06. The summed E-state index contributed by atoms with van der Waals surface area (Å²) in [5.74, 6) is 0.788. The largest absolute Gasteiger partial charge is 0.360 e. The minimum absolute atomic E-state index is 0.144. The maximum atomic E-state index is 12.2. The standard InChI is InChI=1S/C12H18N4O3/c1-8-7-10(14-19-8)13-11(17)9-5-4-6-16(9)12(18)15(2)3/h7,9H,4-6H2,1-3H3,(H,13,14,17)/t9-/m0/s1. The van der Waals surface area contributed by atoms with Crippen LogP contribution < -0.4 is 5.32 Å². The number of urea groups is 1. The summed E-state index contributed by atoms with van der Waals surface area (Å²) in [4.78, 5) is 27.2. The van der Waals surface area contributed by atoms with Crippen LogP contribution in [0.4, 0.5) is 10.6 Å². The lowest BCUT2D eigenvalue weighted by Gasteiger charge is -2.26. The SMILES string of the molecule is Cc1cc(NC(=O)[C@@H]2CCCN2C(=O)N(C)C)no1. The third-order valence-electron chi connectivity index (χ3n) is 3.06. The van der Waals surface area contributed by atoms with Gasteiger partial charge in [0.2, 0.25) is 5.91 Å². The van der Waals surface area contributed by atoms with Gasteiger partial charge in [0.25, 0.3) is 0 Å². The summed E-state index contributed by atoms with van der Waals surface area (Å²) < 4.78 is 4.89. The molecule has 1 fully saturated rings. The molecule has 0 bridgehead atoms. The first-order valence-corrected chi connectivity index (χ1v) is 6.21. The Hall–Kier alpha value is -2.05. The van der Waals surface area contributed by atoms with Crippen molar-refractivity contribution in [1.82, 2.24) is 15.0 Å². The Kier molecular flexibility index (Phi) is 3.73. The van der Waals surface area contributed by atoms with Crippen molar-refractivity contribution in [3.63, 3.8) is 0 Å². The van der Waals surface area contributed by atoms with Gasteiger partial charge in [0, 0.05) is 26.7 Å². The van der Waals surface area contributed by atoms with Crippen molar-refractivity contribution < 1.29 is 14.1 Å². The van der Waals surface area contributed by atoms with Crippen LogP contribution >= 0.6 is 0 Å². The van der Waals surface area contributed by atoms with E-state index in [4.69, 9.17) is 4.52 Å². The van der Waals surface area contributed by atoms with Crippen LogP contribution in [0.2, 0.25) is 0 Å². The summed E-state index contributed by atoms with van der Waals surface area (Å²) in [6.07, 6.45) is 1.50. The van der Waals surface area contributed by atoms with Gasteiger partial charge in [-0.1, -0.05) is 5.16 Å². The molecule has 1 saturated heterocycles. The number of aryl methyl sites for hydroxylation is 1. The average molecular weight is 266 g/mol. The highest BCUT2D eigenvalue weighted by atomic mass is 16.5. The van der Waals surface area contributed by atoms with Crippen LogP contribution in [0.15, 0.2) is 10.6 Å². The van der Waals surface area contributed by atoms with Gasteiger partial charge in [-0.25, -0.2) is 4.79 Å². The minimum Gasteiger partial charge on any atom is -0.360 e. The van der Waals surface area contributed by atoms with E-state index in [0.717, 1.165) is 6.42 Å². The van der Waals surface area contributed by atoms with Crippen LogP contribution in [0.25, 0.3) is 0 Å². The van der Waals surface area contributed by atoms with Gasteiger partial charge in [0.1, 0.15) is 11.8 Å². The van der Waals surface area contributed by atoms with Crippen molar-refractivity contribution in [2.45, 2.75) is 25.8 Å². The van der Waals surface area contributed by atoms with E-state index < -0.39 is 6.04 Å². The molecule has 1 aromatic rings. The van der Waals surface area contributed by atoms with Crippen LogP contribution in [0.1, 0.15) is 18.6 Å². The first kappa shape index (κ1) is 13.4. The number of nitrogens with one attached hydrogen (secondary N) is 1. The van der Waals surface area contributed by atoms with E-state index in [9.17, 15) is 9.59 Å². The third kappa shape index (κ3) is 2.86. The summed E-state index contributed by atoms with van der Waals surface area (Å²) >= 11 is 0. The number of hydrogen-bond donors (Lipinski definition) is 1. The summed E-state index contributed by atoms with van der Waals surface area (Å²) in [6.45, 7) is 2.35. The number of nitrogens with zero attached hydrogens (tertiary/aromatic N) is 3. The van der Waals surface area contributed by atoms with E-state index in [1.165, 1.54) is 4.90 Å². The van der Waals surface area contributed by atoms with E-state index in [2.05, 4.69) is 10.5 Å². The molecule has 1 aliphatic rings. The van der Waals surface area contributed by atoms with Crippen molar-refractivity contribution in [2.75, 3.05) is 26.0 Å². The van der Waals surface area contributed by atoms with Crippen molar-refractivity contribution in [3.8, 4) is 0 Å². The van der Waals surface area contributed by atoms with Gasteiger partial charge in [-0.05, 0) is 19.8 Å². The molecule has 0 saturated carbocycles. The van der Waals surface area contributed by atoms with Crippen LogP contribution in [0, 0.1) is 6.92 Å². The highest BCUT2D eigenvalue weighted by molar-refractivity contribution is 5.96. The predicted molar refractivity (Wildman–Crippen MR) is 68.7 cm³/mol. The molecule has 2 heterocycles. The molecular weight excluding hydrogens is 248 g/mol. The fraction of sp³-hybridized carbons (Fsp3) is 0.583. The van der Waals surface area contributed by atoms with Gasteiger partial charge in [0.05, 0.1) is 0 Å². The van der Waals surface area contributed by atoms with Gasteiger partial charge in [-0.3, -0.25) is 4.79 Å². The van der Waals surface area contributed by atoms with E-state index >= 15 is 0 Å². The molecule has 3 amide bonds. The van der Waals surface area contributed by atoms with Gasteiger partial charge in [-0.2, -0.15) is 0 Å². The monoisotopic (exact) mass is 266 g/mol. The average Bonchev–Trinajstić information content (AvgIpc) is 2.96. The van der Waals surface area contributed by atoms with Gasteiger partial charge < -0.3 is 19.6 Å². The number of amides is 3. The lowest BCUT2D eigenvalue weighted by Crippen LogP contribution is -2.47. The molecule has 0 aliphatic carbocycles. The van der Waals surface area contributed by atoms with E-state index in [-0.39, 0.29) is 11.9 Å². The molecular formula is C12H18N4O3. The topological polar surface area (TPSA) is 78.7 Å². The molecule has 104 valence electrons. The molecule has 0 radical (unpaired) electrons. The van der Waals surface area contributed by atoms with Crippen molar-refractivity contribution in [3.05, 3.63) is 11.8 Å². The third-order valence-corrected chi connectivity index (χ3v) is 3.06. The Morgan fingerprint density at radius 3 is 2.84 bits per heavy atom. The molecule has 1 N–H and O–H groups in total. The number of likely N-dealkylation sites (tertiary alicyclic amines) is 1. The van der Waals surface area contributed by atoms with Crippen molar-refractivity contribution in [2.24, 2.45) is 0 Å². The molecule has 1 aliphatic heterocycles. The van der Waals surface area contributed by atoms with Gasteiger partial charge in [0.15, 0.2) is 5.82 Å². The number of carbonyl (C=O) groups excluding carboxylic acids is 2. The zero-order valence-electron chi connectivity index (χ0n) is 11.3. The Morgan fingerprint density at radius 1 is 1.53 bits per heavy atom. The quantitative estimate of drug-likeness (QED) is 0.868. The second-order valence-electron chi connectivity index (χ2n) is 4.84. The Morgan fingerprint density at radius 2 is 2.26 bits per heavy atom. The lowest BCUT2D eigenvalue weighted by atomic mass is 10.2. The molecule has 0 spiro atoms. The Labute approximate surface area is 111 Å². The maximum absolute atomic E-state index is 12.2. The summed E-state index contributed by atoms with van der Waals surface area (Å²) in [7, 11) is 3.35. The van der Waals surface area contributed by atoms with E-state index in [1.807, 2.05) is 0 Å². The molecule has 7 nitrogen and oxygen atoms in total. The van der Waals surface area contributed by atoms with Crippen LogP contribution in [0.5, 0.6) is 0 Å². The molecule has 1 atom stereocenters. The van der Waals surface area contributed by atoms with Crippen LogP contribution in [-0.2, 0) is 4.79 Å². The zero-order chi connectivity index (χ0) is 14.0.